The molecule has 0 N–H and O–H groups in total. The van der Waals surface area contributed by atoms with Crippen LogP contribution in [-0.2, 0) is 12.8 Å². The molecule has 0 amide bonds. The molecule has 0 fully saturated rings. The quantitative estimate of drug-likeness (QED) is 0.574. The zero-order valence-corrected chi connectivity index (χ0v) is 9.53. The Bertz CT molecular complexity index is 471. The largest absolute Gasteiger partial charge is 0.454 e. The first kappa shape index (κ1) is 12.4. The monoisotopic (exact) mass is 263 g/mol. The fourth-order valence-electron chi connectivity index (χ4n) is 1.92. The lowest BCUT2D eigenvalue weighted by Gasteiger charge is -2.16. The summed E-state index contributed by atoms with van der Waals surface area (Å²) in [5.41, 5.74) is 0.869. The van der Waals surface area contributed by atoms with Crippen LogP contribution in [0.2, 0.25) is 5.15 Å². The summed E-state index contributed by atoms with van der Waals surface area (Å²) in [6.45, 7) is 0. The number of alkyl halides is 3. The maximum Gasteiger partial charge on any atom is 0.454 e. The van der Waals surface area contributed by atoms with Crippen LogP contribution in [0.25, 0.3) is 0 Å². The molecule has 1 aromatic heterocycles. The molecule has 6 heteroatoms. The minimum absolute atomic E-state index is 0.354. The predicted molar refractivity (Wildman–Crippen MR) is 56.3 cm³/mol. The molecule has 92 valence electrons. The summed E-state index contributed by atoms with van der Waals surface area (Å²) < 4.78 is 36.9. The summed E-state index contributed by atoms with van der Waals surface area (Å²) in [4.78, 5) is 15.0. The van der Waals surface area contributed by atoms with Gasteiger partial charge in [0, 0.05) is 5.69 Å². The van der Waals surface area contributed by atoms with Crippen molar-refractivity contribution in [2.75, 3.05) is 0 Å². The lowest BCUT2D eigenvalue weighted by molar-refractivity contribution is -0.0885. The molecule has 0 bridgehead atoms. The highest BCUT2D eigenvalue weighted by Crippen LogP contribution is 2.29. The van der Waals surface area contributed by atoms with Crippen molar-refractivity contribution >= 4 is 17.4 Å². The van der Waals surface area contributed by atoms with Crippen LogP contribution < -0.4 is 0 Å². The van der Waals surface area contributed by atoms with E-state index in [0.717, 1.165) is 12.8 Å². The first-order chi connectivity index (χ1) is 7.89. The third kappa shape index (κ3) is 2.44. The Morgan fingerprint density at radius 3 is 2.59 bits per heavy atom. The van der Waals surface area contributed by atoms with E-state index in [1.54, 1.807) is 0 Å². The Morgan fingerprint density at radius 2 is 1.94 bits per heavy atom. The molecule has 1 aliphatic rings. The second-order valence-corrected chi connectivity index (χ2v) is 4.32. The van der Waals surface area contributed by atoms with Crippen molar-refractivity contribution in [1.82, 2.24) is 4.98 Å². The molecule has 0 unspecified atom stereocenters. The summed E-state index contributed by atoms with van der Waals surface area (Å²) in [7, 11) is 0. The predicted octanol–water partition coefficient (Wildman–Crippen LogP) is 3.36. The van der Waals surface area contributed by atoms with E-state index in [-0.39, 0.29) is 5.15 Å². The fourth-order valence-corrected chi connectivity index (χ4v) is 2.16. The molecule has 2 rings (SSSR count). The van der Waals surface area contributed by atoms with E-state index in [1.165, 1.54) is 6.07 Å². The molecule has 0 spiro atoms. The molecular formula is C11H9ClF3NO. The van der Waals surface area contributed by atoms with Gasteiger partial charge in [-0.2, -0.15) is 13.2 Å². The second-order valence-electron chi connectivity index (χ2n) is 3.97. The number of fused-ring (bicyclic) bond motifs is 1. The van der Waals surface area contributed by atoms with Crippen LogP contribution in [0.4, 0.5) is 13.2 Å². The van der Waals surface area contributed by atoms with Crippen LogP contribution in [-0.4, -0.2) is 16.9 Å². The number of nitrogens with zero attached hydrogens (tertiary/aromatic N) is 1. The maximum atomic E-state index is 12.3. The maximum absolute atomic E-state index is 12.3. The topological polar surface area (TPSA) is 30.0 Å². The molecule has 0 radical (unpaired) electrons. The Balaban J connectivity index is 2.45. The van der Waals surface area contributed by atoms with Crippen LogP contribution >= 0.6 is 11.6 Å². The van der Waals surface area contributed by atoms with Gasteiger partial charge in [-0.3, -0.25) is 4.79 Å². The summed E-state index contributed by atoms with van der Waals surface area (Å²) >= 11 is 5.63. The van der Waals surface area contributed by atoms with Gasteiger partial charge in [0.25, 0.3) is 5.78 Å². The van der Waals surface area contributed by atoms with Crippen molar-refractivity contribution < 1.29 is 18.0 Å². The molecule has 0 atom stereocenters. The van der Waals surface area contributed by atoms with E-state index >= 15 is 0 Å². The molecule has 2 nitrogen and oxygen atoms in total. The Hall–Kier alpha value is -1.10. The fraction of sp³-hybridized carbons (Fsp3) is 0.455. The number of ketones is 1. The highest BCUT2D eigenvalue weighted by molar-refractivity contribution is 6.33. The second kappa shape index (κ2) is 4.29. The first-order valence-corrected chi connectivity index (χ1v) is 5.57. The van der Waals surface area contributed by atoms with Gasteiger partial charge in [-0.1, -0.05) is 11.6 Å². The smallest absolute Gasteiger partial charge is 0.284 e. The SMILES string of the molecule is O=C(c1cc2c(nc1Cl)CCCC2)C(F)(F)F. The number of aryl methyl sites for hydroxylation is 2. The average Bonchev–Trinajstić information content (AvgIpc) is 2.26. The van der Waals surface area contributed by atoms with Crippen LogP contribution in [0.3, 0.4) is 0 Å². The molecule has 0 saturated heterocycles. The average molecular weight is 264 g/mol. The van der Waals surface area contributed by atoms with E-state index in [0.29, 0.717) is 24.1 Å². The summed E-state index contributed by atoms with van der Waals surface area (Å²) in [6.07, 6.45) is -1.71. The summed E-state index contributed by atoms with van der Waals surface area (Å²) in [5, 5.41) is -0.354. The Kier molecular flexibility index (Phi) is 3.12. The molecule has 1 aromatic rings. The van der Waals surface area contributed by atoms with Crippen molar-refractivity contribution in [1.29, 1.82) is 0 Å². The molecular weight excluding hydrogens is 255 g/mol. The van der Waals surface area contributed by atoms with Crippen molar-refractivity contribution in [3.05, 3.63) is 28.0 Å². The van der Waals surface area contributed by atoms with Crippen molar-refractivity contribution in [2.45, 2.75) is 31.9 Å². The van der Waals surface area contributed by atoms with Crippen molar-refractivity contribution in [3.63, 3.8) is 0 Å². The van der Waals surface area contributed by atoms with E-state index in [2.05, 4.69) is 4.98 Å². The van der Waals surface area contributed by atoms with Crippen LogP contribution in [0.15, 0.2) is 6.07 Å². The molecule has 17 heavy (non-hydrogen) atoms. The van der Waals surface area contributed by atoms with Crippen molar-refractivity contribution in [3.8, 4) is 0 Å². The van der Waals surface area contributed by atoms with Gasteiger partial charge in [0.15, 0.2) is 0 Å². The van der Waals surface area contributed by atoms with Crippen LogP contribution in [0.1, 0.15) is 34.5 Å². The summed E-state index contributed by atoms with van der Waals surface area (Å²) in [5.74, 6) is -1.93. The highest BCUT2D eigenvalue weighted by Gasteiger charge is 2.41. The first-order valence-electron chi connectivity index (χ1n) is 5.19. The number of hydrogen-bond donors (Lipinski definition) is 0. The van der Waals surface area contributed by atoms with Crippen LogP contribution in [0, 0.1) is 0 Å². The molecule has 0 aromatic carbocycles. The van der Waals surface area contributed by atoms with Crippen molar-refractivity contribution in [2.24, 2.45) is 0 Å². The molecule has 0 aliphatic heterocycles. The standard InChI is InChI=1S/C11H9ClF3NO/c12-10-7(9(17)11(13,14)15)5-6-3-1-2-4-8(6)16-10/h5H,1-4H2. The molecule has 1 aliphatic carbocycles. The van der Waals surface area contributed by atoms with Gasteiger partial charge in [0.2, 0.25) is 0 Å². The van der Waals surface area contributed by atoms with Crippen LogP contribution in [0.5, 0.6) is 0 Å². The van der Waals surface area contributed by atoms with E-state index in [9.17, 15) is 18.0 Å². The minimum atomic E-state index is -4.91. The third-order valence-electron chi connectivity index (χ3n) is 2.76. The highest BCUT2D eigenvalue weighted by atomic mass is 35.5. The molecule has 0 saturated carbocycles. The molecule has 1 heterocycles. The van der Waals surface area contributed by atoms with Gasteiger partial charge in [0.1, 0.15) is 5.15 Å². The van der Waals surface area contributed by atoms with E-state index < -0.39 is 17.5 Å². The number of carbonyl (C=O) groups excluding carboxylic acids is 1. The van der Waals surface area contributed by atoms with Gasteiger partial charge < -0.3 is 0 Å². The number of aromatic nitrogens is 1. The van der Waals surface area contributed by atoms with E-state index in [4.69, 9.17) is 11.6 Å². The lowest BCUT2D eigenvalue weighted by Crippen LogP contribution is -2.24. The number of Topliss-reactive ketones (excluding diaryl/α,β-unsaturated/α-hetero) is 1. The Labute approximate surface area is 101 Å². The normalized spacial score (nSPS) is 15.5. The zero-order chi connectivity index (χ0) is 12.6. The lowest BCUT2D eigenvalue weighted by atomic mass is 9.94. The number of hydrogen-bond acceptors (Lipinski definition) is 2. The van der Waals surface area contributed by atoms with Gasteiger partial charge in [0.05, 0.1) is 5.56 Å². The number of rotatable bonds is 1. The van der Waals surface area contributed by atoms with Gasteiger partial charge >= 0.3 is 6.18 Å². The minimum Gasteiger partial charge on any atom is -0.284 e. The van der Waals surface area contributed by atoms with Gasteiger partial charge in [-0.25, -0.2) is 4.98 Å². The van der Waals surface area contributed by atoms with Gasteiger partial charge in [-0.15, -0.1) is 0 Å². The summed E-state index contributed by atoms with van der Waals surface area (Å²) in [6, 6.07) is 1.24. The zero-order valence-electron chi connectivity index (χ0n) is 8.77. The number of halogens is 4. The number of pyridine rings is 1. The third-order valence-corrected chi connectivity index (χ3v) is 3.04. The van der Waals surface area contributed by atoms with E-state index in [1.807, 2.05) is 0 Å². The Morgan fingerprint density at radius 1 is 1.29 bits per heavy atom. The number of carbonyl (C=O) groups is 1. The van der Waals surface area contributed by atoms with Gasteiger partial charge in [-0.05, 0) is 37.3 Å².